The van der Waals surface area contributed by atoms with Crippen molar-refractivity contribution in [3.8, 4) is 0 Å². The second kappa shape index (κ2) is 3.08. The fraction of sp³-hybridized carbons (Fsp3) is 0.667. The molecule has 1 fully saturated rings. The van der Waals surface area contributed by atoms with Gasteiger partial charge in [0.15, 0.2) is 0 Å². The molecular weight excluding hydrogens is 144 g/mol. The van der Waals surface area contributed by atoms with Gasteiger partial charge in [-0.1, -0.05) is 30.7 Å². The van der Waals surface area contributed by atoms with Gasteiger partial charge in [0.05, 0.1) is 0 Å². The van der Waals surface area contributed by atoms with Crippen LogP contribution in [-0.2, 0) is 0 Å². The fourth-order valence-corrected chi connectivity index (χ4v) is 2.11. The Kier molecular flexibility index (Phi) is 2.08. The fourth-order valence-electron chi connectivity index (χ4n) is 2.11. The van der Waals surface area contributed by atoms with E-state index in [1.54, 1.807) is 0 Å². The smallest absolute Gasteiger partial charge is 0.0167 e. The van der Waals surface area contributed by atoms with Crippen LogP contribution in [-0.4, -0.2) is 0 Å². The van der Waals surface area contributed by atoms with E-state index in [1.165, 1.54) is 24.8 Å². The van der Waals surface area contributed by atoms with Gasteiger partial charge in [-0.05, 0) is 43.9 Å². The maximum absolute atomic E-state index is 2.42. The van der Waals surface area contributed by atoms with Gasteiger partial charge in [-0.25, -0.2) is 0 Å². The van der Waals surface area contributed by atoms with Crippen molar-refractivity contribution >= 4 is 0 Å². The van der Waals surface area contributed by atoms with Crippen molar-refractivity contribution in [2.45, 2.75) is 33.1 Å². The van der Waals surface area contributed by atoms with Crippen LogP contribution in [0.5, 0.6) is 0 Å². The minimum atomic E-state index is 0.834. The summed E-state index contributed by atoms with van der Waals surface area (Å²) in [6.07, 6.45) is 11.3. The first-order valence-corrected chi connectivity index (χ1v) is 5.12. The van der Waals surface area contributed by atoms with E-state index >= 15 is 0 Å². The van der Waals surface area contributed by atoms with Crippen molar-refractivity contribution in [2.75, 3.05) is 0 Å². The predicted octanol–water partition coefficient (Wildman–Crippen LogP) is 3.55. The van der Waals surface area contributed by atoms with E-state index in [1.807, 2.05) is 0 Å². The van der Waals surface area contributed by atoms with E-state index in [0.717, 1.165) is 17.8 Å². The van der Waals surface area contributed by atoms with Gasteiger partial charge in [-0.3, -0.25) is 0 Å². The van der Waals surface area contributed by atoms with Gasteiger partial charge in [0.25, 0.3) is 0 Å². The van der Waals surface area contributed by atoms with Crippen molar-refractivity contribution in [1.82, 2.24) is 0 Å². The third-order valence-electron chi connectivity index (χ3n) is 3.36. The number of hydrogen-bond donors (Lipinski definition) is 0. The maximum Gasteiger partial charge on any atom is -0.0167 e. The van der Waals surface area contributed by atoms with Gasteiger partial charge in [0, 0.05) is 0 Å². The highest BCUT2D eigenvalue weighted by molar-refractivity contribution is 5.21. The molecule has 2 rings (SSSR count). The molecular formula is C12H18. The lowest BCUT2D eigenvalue weighted by molar-refractivity contribution is 0.381. The summed E-state index contributed by atoms with van der Waals surface area (Å²) in [5, 5.41) is 0. The highest BCUT2D eigenvalue weighted by Crippen LogP contribution is 2.42. The van der Waals surface area contributed by atoms with Crippen LogP contribution in [0.25, 0.3) is 0 Å². The van der Waals surface area contributed by atoms with Crippen LogP contribution in [0.1, 0.15) is 33.1 Å². The minimum absolute atomic E-state index is 0.834. The molecule has 0 nitrogen and oxygen atoms in total. The summed E-state index contributed by atoms with van der Waals surface area (Å²) >= 11 is 0. The predicted molar refractivity (Wildman–Crippen MR) is 52.9 cm³/mol. The van der Waals surface area contributed by atoms with Gasteiger partial charge < -0.3 is 0 Å². The van der Waals surface area contributed by atoms with Gasteiger partial charge >= 0.3 is 0 Å². The van der Waals surface area contributed by atoms with E-state index in [-0.39, 0.29) is 0 Å². The Balaban J connectivity index is 1.94. The molecule has 2 atom stereocenters. The molecule has 0 saturated heterocycles. The Morgan fingerprint density at radius 1 is 1.42 bits per heavy atom. The first-order chi connectivity index (χ1) is 5.77. The SMILES string of the molecule is CC1=CCC(C(C)C2CC2)C=C1. The molecule has 0 spiro atoms. The first kappa shape index (κ1) is 8.10. The molecule has 0 aromatic carbocycles. The molecule has 2 aliphatic carbocycles. The number of rotatable bonds is 2. The Labute approximate surface area is 75.4 Å². The van der Waals surface area contributed by atoms with Crippen LogP contribution in [0.15, 0.2) is 23.8 Å². The summed E-state index contributed by atoms with van der Waals surface area (Å²) < 4.78 is 0. The van der Waals surface area contributed by atoms with Gasteiger partial charge in [0.2, 0.25) is 0 Å². The van der Waals surface area contributed by atoms with E-state index in [0.29, 0.717) is 0 Å². The lowest BCUT2D eigenvalue weighted by Crippen LogP contribution is -2.12. The molecule has 2 unspecified atom stereocenters. The Bertz CT molecular complexity index is 218. The van der Waals surface area contributed by atoms with Crippen molar-refractivity contribution < 1.29 is 0 Å². The maximum atomic E-state index is 2.42. The van der Waals surface area contributed by atoms with Crippen molar-refractivity contribution in [2.24, 2.45) is 17.8 Å². The van der Waals surface area contributed by atoms with Crippen LogP contribution in [0.4, 0.5) is 0 Å². The van der Waals surface area contributed by atoms with E-state index in [9.17, 15) is 0 Å². The molecule has 0 heteroatoms. The third kappa shape index (κ3) is 1.63. The monoisotopic (exact) mass is 162 g/mol. The van der Waals surface area contributed by atoms with E-state index in [4.69, 9.17) is 0 Å². The quantitative estimate of drug-likeness (QED) is 0.582. The Morgan fingerprint density at radius 2 is 2.17 bits per heavy atom. The van der Waals surface area contributed by atoms with E-state index in [2.05, 4.69) is 32.1 Å². The minimum Gasteiger partial charge on any atom is -0.0810 e. The highest BCUT2D eigenvalue weighted by Gasteiger charge is 2.32. The van der Waals surface area contributed by atoms with E-state index < -0.39 is 0 Å². The summed E-state index contributed by atoms with van der Waals surface area (Å²) in [6.45, 7) is 4.61. The molecule has 2 aliphatic rings. The van der Waals surface area contributed by atoms with Gasteiger partial charge in [-0.2, -0.15) is 0 Å². The Morgan fingerprint density at radius 3 is 2.67 bits per heavy atom. The molecule has 0 amide bonds. The molecule has 1 saturated carbocycles. The summed E-state index contributed by atoms with van der Waals surface area (Å²) in [5.74, 6) is 2.80. The topological polar surface area (TPSA) is 0 Å². The molecule has 0 radical (unpaired) electrons. The normalized spacial score (nSPS) is 31.5. The molecule has 0 aromatic rings. The summed E-state index contributed by atoms with van der Waals surface area (Å²) in [5.41, 5.74) is 1.44. The van der Waals surface area contributed by atoms with Crippen LogP contribution < -0.4 is 0 Å². The van der Waals surface area contributed by atoms with Crippen molar-refractivity contribution in [3.63, 3.8) is 0 Å². The van der Waals surface area contributed by atoms with Gasteiger partial charge in [-0.15, -0.1) is 0 Å². The zero-order valence-electron chi connectivity index (χ0n) is 8.09. The largest absolute Gasteiger partial charge is 0.0810 e. The van der Waals surface area contributed by atoms with Crippen molar-refractivity contribution in [1.29, 1.82) is 0 Å². The van der Waals surface area contributed by atoms with Crippen molar-refractivity contribution in [3.05, 3.63) is 23.8 Å². The van der Waals surface area contributed by atoms with Crippen LogP contribution in [0, 0.1) is 17.8 Å². The highest BCUT2D eigenvalue weighted by atomic mass is 14.4. The summed E-state index contributed by atoms with van der Waals surface area (Å²) in [6, 6.07) is 0. The molecule has 0 aliphatic heterocycles. The summed E-state index contributed by atoms with van der Waals surface area (Å²) in [7, 11) is 0. The average molecular weight is 162 g/mol. The van der Waals surface area contributed by atoms with Gasteiger partial charge in [0.1, 0.15) is 0 Å². The Hall–Kier alpha value is -0.520. The lowest BCUT2D eigenvalue weighted by atomic mass is 9.84. The standard InChI is InChI=1S/C12H18/c1-9-3-5-11(6-4-9)10(2)12-7-8-12/h3-5,10-12H,6-8H2,1-2H3. The second-order valence-corrected chi connectivity index (χ2v) is 4.40. The molecule has 66 valence electrons. The molecule has 12 heavy (non-hydrogen) atoms. The summed E-state index contributed by atoms with van der Waals surface area (Å²) in [4.78, 5) is 0. The molecule has 0 aromatic heterocycles. The zero-order chi connectivity index (χ0) is 8.55. The average Bonchev–Trinajstić information content (AvgIpc) is 2.87. The van der Waals surface area contributed by atoms with Crippen LogP contribution in [0.2, 0.25) is 0 Å². The van der Waals surface area contributed by atoms with Crippen LogP contribution in [0.3, 0.4) is 0 Å². The second-order valence-electron chi connectivity index (χ2n) is 4.40. The zero-order valence-corrected chi connectivity index (χ0v) is 8.09. The lowest BCUT2D eigenvalue weighted by Gasteiger charge is -2.21. The molecule has 0 heterocycles. The molecule has 0 N–H and O–H groups in total. The van der Waals surface area contributed by atoms with Crippen LogP contribution >= 0.6 is 0 Å². The first-order valence-electron chi connectivity index (χ1n) is 5.12. The number of hydrogen-bond acceptors (Lipinski definition) is 0. The third-order valence-corrected chi connectivity index (χ3v) is 3.36. The number of allylic oxidation sites excluding steroid dienone is 4. The molecule has 0 bridgehead atoms.